The number of nitrogens with one attached hydrogen (secondary N) is 1. The third-order valence-electron chi connectivity index (χ3n) is 3.58. The Morgan fingerprint density at radius 3 is 2.55 bits per heavy atom. The summed E-state index contributed by atoms with van der Waals surface area (Å²) in [7, 11) is 0. The van der Waals surface area contributed by atoms with Crippen molar-refractivity contribution in [2.75, 3.05) is 0 Å². The van der Waals surface area contributed by atoms with Gasteiger partial charge in [0, 0.05) is 18.3 Å². The molecule has 1 aromatic heterocycles. The number of hydrogen-bond acceptors (Lipinski definition) is 1. The molecule has 0 spiro atoms. The number of aromatic nitrogens is 1. The number of aromatic amines is 1. The Balaban J connectivity index is 2.06. The lowest BCUT2D eigenvalue weighted by atomic mass is 9.89. The van der Waals surface area contributed by atoms with Crippen LogP contribution in [0.25, 0.3) is 10.8 Å². The van der Waals surface area contributed by atoms with Gasteiger partial charge in [0.2, 0.25) is 0 Å². The lowest BCUT2D eigenvalue weighted by Gasteiger charge is -2.15. The first-order valence-electron chi connectivity index (χ1n) is 6.57. The molecule has 1 unspecified atom stereocenters. The van der Waals surface area contributed by atoms with E-state index in [-0.39, 0.29) is 12.3 Å². The van der Waals surface area contributed by atoms with Crippen molar-refractivity contribution in [3.63, 3.8) is 0 Å². The molecule has 3 rings (SSSR count). The largest absolute Gasteiger partial charge is 0.481 e. The van der Waals surface area contributed by atoms with E-state index in [1.807, 2.05) is 48.8 Å². The lowest BCUT2D eigenvalue weighted by molar-refractivity contribution is -0.137. The lowest BCUT2D eigenvalue weighted by Crippen LogP contribution is -2.07. The molecule has 0 saturated heterocycles. The first-order chi connectivity index (χ1) is 9.74. The average molecular weight is 265 g/mol. The van der Waals surface area contributed by atoms with E-state index in [0.717, 1.165) is 16.5 Å². The van der Waals surface area contributed by atoms with E-state index in [1.165, 1.54) is 5.39 Å². The van der Waals surface area contributed by atoms with Crippen LogP contribution >= 0.6 is 0 Å². The highest BCUT2D eigenvalue weighted by Crippen LogP contribution is 2.30. The molecule has 20 heavy (non-hydrogen) atoms. The van der Waals surface area contributed by atoms with Gasteiger partial charge < -0.3 is 10.1 Å². The molecule has 100 valence electrons. The SMILES string of the molecule is O=C(O)CC(c1cc[nH]c1)c1ccc2ccccc2c1. The molecule has 0 aliphatic carbocycles. The van der Waals surface area contributed by atoms with Crippen LogP contribution in [0.1, 0.15) is 23.5 Å². The zero-order chi connectivity index (χ0) is 13.9. The molecule has 2 N–H and O–H groups in total. The number of carboxylic acids is 1. The molecule has 2 aromatic carbocycles. The predicted octanol–water partition coefficient (Wildman–Crippen LogP) is 3.77. The van der Waals surface area contributed by atoms with Gasteiger partial charge in [0.25, 0.3) is 0 Å². The van der Waals surface area contributed by atoms with E-state index in [1.54, 1.807) is 0 Å². The number of carboxylic acid groups (broad SMARTS) is 1. The van der Waals surface area contributed by atoms with Crippen LogP contribution in [0.4, 0.5) is 0 Å². The number of hydrogen-bond donors (Lipinski definition) is 2. The normalized spacial score (nSPS) is 12.4. The Labute approximate surface area is 116 Å². The number of rotatable bonds is 4. The van der Waals surface area contributed by atoms with Crippen molar-refractivity contribution < 1.29 is 9.90 Å². The van der Waals surface area contributed by atoms with Crippen LogP contribution in [0.5, 0.6) is 0 Å². The maximum atomic E-state index is 11.1. The minimum Gasteiger partial charge on any atom is -0.481 e. The fraction of sp³-hybridized carbons (Fsp3) is 0.118. The van der Waals surface area contributed by atoms with Gasteiger partial charge in [0.1, 0.15) is 0 Å². The standard InChI is InChI=1S/C17H15NO2/c19-17(20)10-16(15-7-8-18-11-15)14-6-5-12-3-1-2-4-13(12)9-14/h1-9,11,16,18H,10H2,(H,19,20). The molecule has 0 aliphatic rings. The highest BCUT2D eigenvalue weighted by Gasteiger charge is 2.18. The Kier molecular flexibility index (Phi) is 3.25. The van der Waals surface area contributed by atoms with Crippen molar-refractivity contribution in [3.05, 3.63) is 72.1 Å². The number of benzene rings is 2. The molecule has 0 fully saturated rings. The summed E-state index contributed by atoms with van der Waals surface area (Å²) in [6.07, 6.45) is 3.78. The highest BCUT2D eigenvalue weighted by atomic mass is 16.4. The first kappa shape index (κ1) is 12.5. The second-order valence-electron chi connectivity index (χ2n) is 4.90. The van der Waals surface area contributed by atoms with Crippen molar-refractivity contribution >= 4 is 16.7 Å². The second-order valence-corrected chi connectivity index (χ2v) is 4.90. The summed E-state index contributed by atoms with van der Waals surface area (Å²) in [4.78, 5) is 14.1. The molecule has 0 saturated carbocycles. The van der Waals surface area contributed by atoms with Crippen LogP contribution in [0.2, 0.25) is 0 Å². The maximum absolute atomic E-state index is 11.1. The van der Waals surface area contributed by atoms with Crippen LogP contribution in [0.15, 0.2) is 60.9 Å². The quantitative estimate of drug-likeness (QED) is 0.754. The Bertz CT molecular complexity index is 732. The molecule has 0 amide bonds. The van der Waals surface area contributed by atoms with Crippen molar-refractivity contribution in [2.45, 2.75) is 12.3 Å². The van der Waals surface area contributed by atoms with Gasteiger partial charge >= 0.3 is 5.97 Å². The third-order valence-corrected chi connectivity index (χ3v) is 3.58. The molecule has 1 atom stereocenters. The van der Waals surface area contributed by atoms with Crippen LogP contribution < -0.4 is 0 Å². The summed E-state index contributed by atoms with van der Waals surface area (Å²) >= 11 is 0. The molecule has 3 heteroatoms. The third kappa shape index (κ3) is 2.43. The van der Waals surface area contributed by atoms with Gasteiger partial charge in [-0.25, -0.2) is 0 Å². The van der Waals surface area contributed by atoms with E-state index in [9.17, 15) is 4.79 Å². The Hall–Kier alpha value is -2.55. The topological polar surface area (TPSA) is 53.1 Å². The minimum absolute atomic E-state index is 0.0934. The summed E-state index contributed by atoms with van der Waals surface area (Å²) in [5, 5.41) is 11.4. The van der Waals surface area contributed by atoms with Crippen LogP contribution in [-0.4, -0.2) is 16.1 Å². The Morgan fingerprint density at radius 2 is 1.85 bits per heavy atom. The molecular formula is C17H15NO2. The number of aliphatic carboxylic acids is 1. The maximum Gasteiger partial charge on any atom is 0.304 e. The van der Waals surface area contributed by atoms with E-state index < -0.39 is 5.97 Å². The van der Waals surface area contributed by atoms with Crippen LogP contribution in [0, 0.1) is 0 Å². The summed E-state index contributed by atoms with van der Waals surface area (Å²) in [5.41, 5.74) is 2.04. The smallest absolute Gasteiger partial charge is 0.304 e. The van der Waals surface area contributed by atoms with Gasteiger partial charge in [-0.3, -0.25) is 4.79 Å². The van der Waals surface area contributed by atoms with Crippen molar-refractivity contribution in [3.8, 4) is 0 Å². The number of H-pyrrole nitrogens is 1. The molecular weight excluding hydrogens is 250 g/mol. The minimum atomic E-state index is -0.788. The van der Waals surface area contributed by atoms with Gasteiger partial charge in [-0.15, -0.1) is 0 Å². The monoisotopic (exact) mass is 265 g/mol. The molecule has 3 aromatic rings. The molecule has 1 heterocycles. The first-order valence-corrected chi connectivity index (χ1v) is 6.57. The van der Waals surface area contributed by atoms with Crippen molar-refractivity contribution in [2.24, 2.45) is 0 Å². The molecule has 0 bridgehead atoms. The van der Waals surface area contributed by atoms with Crippen LogP contribution in [0.3, 0.4) is 0 Å². The van der Waals surface area contributed by atoms with E-state index in [0.29, 0.717) is 0 Å². The van der Waals surface area contributed by atoms with Gasteiger partial charge in [0.05, 0.1) is 6.42 Å². The molecule has 0 radical (unpaired) electrons. The molecule has 0 aliphatic heterocycles. The highest BCUT2D eigenvalue weighted by molar-refractivity contribution is 5.83. The van der Waals surface area contributed by atoms with Gasteiger partial charge in [-0.1, -0.05) is 42.5 Å². The second kappa shape index (κ2) is 5.21. The molecule has 3 nitrogen and oxygen atoms in total. The summed E-state index contributed by atoms with van der Waals surface area (Å²) in [5.74, 6) is -0.910. The van der Waals surface area contributed by atoms with Crippen molar-refractivity contribution in [1.82, 2.24) is 4.98 Å². The fourth-order valence-electron chi connectivity index (χ4n) is 2.58. The number of carbonyl (C=O) groups is 1. The zero-order valence-electron chi connectivity index (χ0n) is 10.9. The van der Waals surface area contributed by atoms with Gasteiger partial charge in [-0.2, -0.15) is 0 Å². The summed E-state index contributed by atoms with van der Waals surface area (Å²) < 4.78 is 0. The van der Waals surface area contributed by atoms with Gasteiger partial charge in [0.15, 0.2) is 0 Å². The van der Waals surface area contributed by atoms with E-state index in [4.69, 9.17) is 5.11 Å². The van der Waals surface area contributed by atoms with E-state index in [2.05, 4.69) is 17.1 Å². The predicted molar refractivity (Wildman–Crippen MR) is 78.8 cm³/mol. The fourth-order valence-corrected chi connectivity index (χ4v) is 2.58. The van der Waals surface area contributed by atoms with Gasteiger partial charge in [-0.05, 0) is 28.0 Å². The summed E-state index contributed by atoms with van der Waals surface area (Å²) in [6.45, 7) is 0. The van der Waals surface area contributed by atoms with Crippen molar-refractivity contribution in [1.29, 1.82) is 0 Å². The number of fused-ring (bicyclic) bond motifs is 1. The average Bonchev–Trinajstić information content (AvgIpc) is 2.98. The van der Waals surface area contributed by atoms with Crippen LogP contribution in [-0.2, 0) is 4.79 Å². The van der Waals surface area contributed by atoms with E-state index >= 15 is 0 Å². The Morgan fingerprint density at radius 1 is 1.05 bits per heavy atom. The summed E-state index contributed by atoms with van der Waals surface area (Å²) in [6, 6.07) is 16.2. The zero-order valence-corrected chi connectivity index (χ0v) is 10.9.